The largest absolute Gasteiger partial charge is 0.493 e. The number of methoxy groups -OCH3 is 1. The molecule has 1 fully saturated rings. The normalized spacial score (nSPS) is 17.5. The number of rotatable bonds is 6. The van der Waals surface area contributed by atoms with E-state index in [4.69, 9.17) is 14.2 Å². The molecule has 2 amide bonds. The molecule has 0 spiro atoms. The first-order chi connectivity index (χ1) is 15.6. The van der Waals surface area contributed by atoms with E-state index in [0.717, 1.165) is 5.56 Å². The Labute approximate surface area is 186 Å². The minimum Gasteiger partial charge on any atom is -0.493 e. The van der Waals surface area contributed by atoms with E-state index in [1.807, 2.05) is 36.4 Å². The molecule has 0 radical (unpaired) electrons. The predicted molar refractivity (Wildman–Crippen MR) is 121 cm³/mol. The van der Waals surface area contributed by atoms with Crippen LogP contribution in [0.4, 0.5) is 5.69 Å². The highest BCUT2D eigenvalue weighted by Gasteiger charge is 2.28. The maximum absolute atomic E-state index is 12.9. The Morgan fingerprint density at radius 3 is 2.59 bits per heavy atom. The molecule has 8 nitrogen and oxygen atoms in total. The molecule has 32 heavy (non-hydrogen) atoms. The van der Waals surface area contributed by atoms with E-state index in [2.05, 4.69) is 5.10 Å². The van der Waals surface area contributed by atoms with Gasteiger partial charge in [-0.2, -0.15) is 10.1 Å². The standard InChI is InChI=1S/C24H25N3O5/c1-17-20(24(29)27(25-17)19-6-4-3-5-7-19)14-18-8-9-21(22(15-18)30-2)32-16-23(28)26-10-12-31-13-11-26/h3-9,14-15H,10-13,16H2,1-2H3/b20-14+. The lowest BCUT2D eigenvalue weighted by molar-refractivity contribution is -0.137. The number of hydrogen-bond donors (Lipinski definition) is 0. The van der Waals surface area contributed by atoms with Gasteiger partial charge in [0, 0.05) is 13.1 Å². The zero-order valence-corrected chi connectivity index (χ0v) is 18.1. The molecule has 0 N–H and O–H groups in total. The van der Waals surface area contributed by atoms with E-state index in [1.54, 1.807) is 30.0 Å². The van der Waals surface area contributed by atoms with Gasteiger partial charge in [0.05, 0.1) is 37.3 Å². The second-order valence-electron chi connectivity index (χ2n) is 7.39. The van der Waals surface area contributed by atoms with Crippen LogP contribution < -0.4 is 14.5 Å². The second-order valence-corrected chi connectivity index (χ2v) is 7.39. The first-order valence-electron chi connectivity index (χ1n) is 10.4. The Hall–Kier alpha value is -3.65. The molecule has 2 heterocycles. The lowest BCUT2D eigenvalue weighted by Crippen LogP contribution is -2.43. The van der Waals surface area contributed by atoms with Gasteiger partial charge in [-0.25, -0.2) is 0 Å². The number of anilines is 1. The molecule has 2 aliphatic heterocycles. The summed E-state index contributed by atoms with van der Waals surface area (Å²) in [6, 6.07) is 14.6. The number of morpholine rings is 1. The van der Waals surface area contributed by atoms with Crippen molar-refractivity contribution in [2.75, 3.05) is 45.0 Å². The molecule has 1 saturated heterocycles. The van der Waals surface area contributed by atoms with Gasteiger partial charge in [0.25, 0.3) is 11.8 Å². The van der Waals surface area contributed by atoms with Crippen LogP contribution in [-0.2, 0) is 14.3 Å². The lowest BCUT2D eigenvalue weighted by atomic mass is 10.1. The topological polar surface area (TPSA) is 80.7 Å². The Morgan fingerprint density at radius 2 is 1.88 bits per heavy atom. The number of hydrogen-bond acceptors (Lipinski definition) is 6. The Bertz CT molecular complexity index is 1060. The van der Waals surface area contributed by atoms with E-state index in [1.165, 1.54) is 12.1 Å². The monoisotopic (exact) mass is 435 g/mol. The SMILES string of the molecule is COc1cc(/C=C2/C(=O)N(c3ccccc3)N=C2C)ccc1OCC(=O)N1CCOCC1. The average molecular weight is 435 g/mol. The Morgan fingerprint density at radius 1 is 1.12 bits per heavy atom. The van der Waals surface area contributed by atoms with Crippen LogP contribution in [-0.4, -0.2) is 62.4 Å². The van der Waals surface area contributed by atoms with Crippen LogP contribution in [0.15, 0.2) is 59.2 Å². The highest BCUT2D eigenvalue weighted by atomic mass is 16.5. The van der Waals surface area contributed by atoms with Crippen molar-refractivity contribution in [3.63, 3.8) is 0 Å². The minimum absolute atomic E-state index is 0.0763. The number of amides is 2. The van der Waals surface area contributed by atoms with Crippen LogP contribution in [0.1, 0.15) is 12.5 Å². The van der Waals surface area contributed by atoms with Crippen LogP contribution in [0.25, 0.3) is 6.08 Å². The van der Waals surface area contributed by atoms with Gasteiger partial charge < -0.3 is 19.1 Å². The molecule has 2 aliphatic rings. The third-order valence-electron chi connectivity index (χ3n) is 5.28. The van der Waals surface area contributed by atoms with Crippen molar-refractivity contribution in [1.82, 2.24) is 4.90 Å². The molecule has 166 valence electrons. The first kappa shape index (κ1) is 21.6. The zero-order valence-electron chi connectivity index (χ0n) is 18.1. The third-order valence-corrected chi connectivity index (χ3v) is 5.28. The summed E-state index contributed by atoms with van der Waals surface area (Å²) in [5.41, 5.74) is 2.62. The van der Waals surface area contributed by atoms with Crippen molar-refractivity contribution in [2.45, 2.75) is 6.92 Å². The summed E-state index contributed by atoms with van der Waals surface area (Å²) in [7, 11) is 1.54. The van der Waals surface area contributed by atoms with Crippen molar-refractivity contribution >= 4 is 29.3 Å². The van der Waals surface area contributed by atoms with Crippen LogP contribution in [0.5, 0.6) is 11.5 Å². The summed E-state index contributed by atoms with van der Waals surface area (Å²) in [6.07, 6.45) is 1.77. The number of carbonyl (C=O) groups excluding carboxylic acids is 2. The number of para-hydroxylation sites is 1. The van der Waals surface area contributed by atoms with Crippen LogP contribution >= 0.6 is 0 Å². The highest BCUT2D eigenvalue weighted by Crippen LogP contribution is 2.30. The predicted octanol–water partition coefficient (Wildman–Crippen LogP) is 2.74. The van der Waals surface area contributed by atoms with E-state index >= 15 is 0 Å². The van der Waals surface area contributed by atoms with Crippen LogP contribution in [0.3, 0.4) is 0 Å². The smallest absolute Gasteiger partial charge is 0.280 e. The molecule has 8 heteroatoms. The summed E-state index contributed by atoms with van der Waals surface area (Å²) in [5.74, 6) is 0.662. The molecule has 2 aromatic rings. The molecular formula is C24H25N3O5. The van der Waals surface area contributed by atoms with Gasteiger partial charge in [-0.1, -0.05) is 24.3 Å². The first-order valence-corrected chi connectivity index (χ1v) is 10.4. The van der Waals surface area contributed by atoms with Crippen molar-refractivity contribution in [1.29, 1.82) is 0 Å². The van der Waals surface area contributed by atoms with Crippen LogP contribution in [0.2, 0.25) is 0 Å². The van der Waals surface area contributed by atoms with Crippen molar-refractivity contribution < 1.29 is 23.8 Å². The molecule has 0 bridgehead atoms. The summed E-state index contributed by atoms with van der Waals surface area (Å²) in [4.78, 5) is 27.0. The second kappa shape index (κ2) is 9.65. The number of carbonyl (C=O) groups is 2. The van der Waals surface area contributed by atoms with Crippen LogP contribution in [0, 0.1) is 0 Å². The molecule has 0 aromatic heterocycles. The van der Waals surface area contributed by atoms with Gasteiger partial charge >= 0.3 is 0 Å². The van der Waals surface area contributed by atoms with Crippen molar-refractivity contribution in [3.8, 4) is 11.5 Å². The van der Waals surface area contributed by atoms with E-state index in [-0.39, 0.29) is 18.4 Å². The summed E-state index contributed by atoms with van der Waals surface area (Å²) < 4.78 is 16.4. The maximum atomic E-state index is 12.9. The fraction of sp³-hybridized carbons (Fsp3) is 0.292. The quantitative estimate of drug-likeness (QED) is 0.652. The molecule has 2 aromatic carbocycles. The van der Waals surface area contributed by atoms with Crippen molar-refractivity contribution in [3.05, 3.63) is 59.7 Å². The number of hydrazone groups is 1. The number of nitrogens with zero attached hydrogens (tertiary/aromatic N) is 3. The number of ether oxygens (including phenoxy) is 3. The molecule has 0 saturated carbocycles. The fourth-order valence-electron chi connectivity index (χ4n) is 3.53. The van der Waals surface area contributed by atoms with Gasteiger partial charge in [-0.3, -0.25) is 9.59 Å². The molecule has 0 unspecified atom stereocenters. The molecule has 0 aliphatic carbocycles. The van der Waals surface area contributed by atoms with E-state index in [0.29, 0.717) is 54.8 Å². The van der Waals surface area contributed by atoms with E-state index < -0.39 is 0 Å². The lowest BCUT2D eigenvalue weighted by Gasteiger charge is -2.26. The Kier molecular flexibility index (Phi) is 6.51. The molecular weight excluding hydrogens is 410 g/mol. The average Bonchev–Trinajstić information content (AvgIpc) is 3.12. The zero-order chi connectivity index (χ0) is 22.5. The maximum Gasteiger partial charge on any atom is 0.280 e. The number of benzene rings is 2. The van der Waals surface area contributed by atoms with E-state index in [9.17, 15) is 9.59 Å². The highest BCUT2D eigenvalue weighted by molar-refractivity contribution is 6.32. The van der Waals surface area contributed by atoms with Gasteiger partial charge in [-0.15, -0.1) is 0 Å². The summed E-state index contributed by atoms with van der Waals surface area (Å²) in [6.45, 7) is 3.95. The van der Waals surface area contributed by atoms with Gasteiger partial charge in [-0.05, 0) is 42.8 Å². The van der Waals surface area contributed by atoms with Crippen molar-refractivity contribution in [2.24, 2.45) is 5.10 Å². The Balaban J connectivity index is 1.48. The van der Waals surface area contributed by atoms with Gasteiger partial charge in [0.15, 0.2) is 18.1 Å². The summed E-state index contributed by atoms with van der Waals surface area (Å²) in [5, 5.41) is 5.79. The summed E-state index contributed by atoms with van der Waals surface area (Å²) >= 11 is 0. The third kappa shape index (κ3) is 4.65. The molecule has 0 atom stereocenters. The molecule has 4 rings (SSSR count). The fourth-order valence-corrected chi connectivity index (χ4v) is 3.53. The van der Waals surface area contributed by atoms with Gasteiger partial charge in [0.1, 0.15) is 0 Å². The minimum atomic E-state index is -0.191. The van der Waals surface area contributed by atoms with Gasteiger partial charge in [0.2, 0.25) is 0 Å².